The molecule has 0 saturated heterocycles. The number of carboxylic acid groups (broad SMARTS) is 1. The lowest BCUT2D eigenvalue weighted by Gasteiger charge is -2.19. The van der Waals surface area contributed by atoms with Crippen molar-refractivity contribution >= 4 is 12.1 Å². The molecule has 0 spiro atoms. The first-order valence-electron chi connectivity index (χ1n) is 6.53. The summed E-state index contributed by atoms with van der Waals surface area (Å²) < 4.78 is 5.14. The maximum absolute atomic E-state index is 11.5. The maximum Gasteiger partial charge on any atom is 0.407 e. The van der Waals surface area contributed by atoms with Crippen LogP contribution in [0.1, 0.15) is 38.3 Å². The molecular weight excluding hydrogens is 258 g/mol. The number of aliphatic carboxylic acids is 1. The summed E-state index contributed by atoms with van der Waals surface area (Å²) >= 11 is 0. The van der Waals surface area contributed by atoms with Crippen LogP contribution in [0.2, 0.25) is 0 Å². The molecule has 0 radical (unpaired) electrons. The fourth-order valence-corrected chi connectivity index (χ4v) is 1.63. The highest BCUT2D eigenvalue weighted by Crippen LogP contribution is 2.09. The minimum atomic E-state index is -0.817. The molecule has 0 aliphatic heterocycles. The van der Waals surface area contributed by atoms with E-state index in [2.05, 4.69) is 5.32 Å². The molecule has 2 N–H and O–H groups in total. The zero-order valence-electron chi connectivity index (χ0n) is 12.1. The lowest BCUT2D eigenvalue weighted by atomic mass is 10.1. The van der Waals surface area contributed by atoms with E-state index in [4.69, 9.17) is 9.84 Å². The number of hydrogen-bond acceptors (Lipinski definition) is 3. The van der Waals surface area contributed by atoms with E-state index in [1.165, 1.54) is 0 Å². The first-order chi connectivity index (χ1) is 9.26. The molecule has 0 saturated carbocycles. The van der Waals surface area contributed by atoms with Crippen LogP contribution in [-0.2, 0) is 22.5 Å². The number of amides is 1. The number of hydrogen-bond donors (Lipinski definition) is 2. The topological polar surface area (TPSA) is 75.6 Å². The normalized spacial score (nSPS) is 10.9. The monoisotopic (exact) mass is 279 g/mol. The molecule has 0 fully saturated rings. The highest BCUT2D eigenvalue weighted by atomic mass is 16.6. The number of rotatable bonds is 5. The van der Waals surface area contributed by atoms with Crippen LogP contribution < -0.4 is 5.32 Å². The first kappa shape index (κ1) is 16.0. The van der Waals surface area contributed by atoms with E-state index in [1.54, 1.807) is 20.8 Å². The molecule has 0 aliphatic rings. The van der Waals surface area contributed by atoms with Gasteiger partial charge >= 0.3 is 12.1 Å². The number of benzene rings is 1. The Bertz CT molecular complexity index is 477. The molecule has 1 aromatic rings. The molecule has 0 aromatic heterocycles. The Morgan fingerprint density at radius 3 is 2.50 bits per heavy atom. The maximum atomic E-state index is 11.5. The fraction of sp³-hybridized carbons (Fsp3) is 0.467. The number of alkyl carbamates (subject to hydrolysis) is 1. The van der Waals surface area contributed by atoms with Crippen molar-refractivity contribution < 1.29 is 19.4 Å². The SMILES string of the molecule is CC(C)(C)OC(=O)NCc1cccc(CCC(=O)O)c1. The van der Waals surface area contributed by atoms with E-state index >= 15 is 0 Å². The molecule has 1 aromatic carbocycles. The van der Waals surface area contributed by atoms with Crippen LogP contribution >= 0.6 is 0 Å². The zero-order valence-corrected chi connectivity index (χ0v) is 12.1. The number of carbonyl (C=O) groups is 2. The third kappa shape index (κ3) is 6.78. The second-order valence-electron chi connectivity index (χ2n) is 5.57. The van der Waals surface area contributed by atoms with E-state index in [0.29, 0.717) is 13.0 Å². The summed E-state index contributed by atoms with van der Waals surface area (Å²) in [6, 6.07) is 7.49. The van der Waals surface area contributed by atoms with Crippen LogP contribution in [0, 0.1) is 0 Å². The highest BCUT2D eigenvalue weighted by molar-refractivity contribution is 5.68. The van der Waals surface area contributed by atoms with E-state index < -0.39 is 17.7 Å². The van der Waals surface area contributed by atoms with Gasteiger partial charge in [-0.15, -0.1) is 0 Å². The first-order valence-corrected chi connectivity index (χ1v) is 6.53. The van der Waals surface area contributed by atoms with Crippen molar-refractivity contribution in [3.8, 4) is 0 Å². The Balaban J connectivity index is 2.50. The van der Waals surface area contributed by atoms with Crippen LogP contribution in [0.5, 0.6) is 0 Å². The van der Waals surface area contributed by atoms with Crippen molar-refractivity contribution in [3.05, 3.63) is 35.4 Å². The van der Waals surface area contributed by atoms with Crippen molar-refractivity contribution in [3.63, 3.8) is 0 Å². The van der Waals surface area contributed by atoms with Gasteiger partial charge in [-0.25, -0.2) is 4.79 Å². The summed E-state index contributed by atoms with van der Waals surface area (Å²) in [7, 11) is 0. The number of carbonyl (C=O) groups excluding carboxylic acids is 1. The van der Waals surface area contributed by atoms with Gasteiger partial charge in [-0.3, -0.25) is 4.79 Å². The van der Waals surface area contributed by atoms with Gasteiger partial charge in [0, 0.05) is 13.0 Å². The molecule has 110 valence electrons. The molecule has 1 amide bonds. The Hall–Kier alpha value is -2.04. The molecule has 0 bridgehead atoms. The van der Waals surface area contributed by atoms with E-state index in [-0.39, 0.29) is 6.42 Å². The van der Waals surface area contributed by atoms with Crippen LogP contribution in [0.15, 0.2) is 24.3 Å². The Kier molecular flexibility index (Phi) is 5.55. The van der Waals surface area contributed by atoms with Crippen LogP contribution in [-0.4, -0.2) is 22.8 Å². The predicted octanol–water partition coefficient (Wildman–Crippen LogP) is 2.73. The smallest absolute Gasteiger partial charge is 0.407 e. The third-order valence-corrected chi connectivity index (χ3v) is 2.45. The lowest BCUT2D eigenvalue weighted by Crippen LogP contribution is -2.32. The zero-order chi connectivity index (χ0) is 15.2. The third-order valence-electron chi connectivity index (χ3n) is 2.45. The fourth-order valence-electron chi connectivity index (χ4n) is 1.63. The van der Waals surface area contributed by atoms with Crippen molar-refractivity contribution in [2.75, 3.05) is 0 Å². The largest absolute Gasteiger partial charge is 0.481 e. The van der Waals surface area contributed by atoms with Gasteiger partial charge in [0.1, 0.15) is 5.60 Å². The molecule has 0 unspecified atom stereocenters. The predicted molar refractivity (Wildman–Crippen MR) is 75.5 cm³/mol. The van der Waals surface area contributed by atoms with Gasteiger partial charge < -0.3 is 15.2 Å². The number of nitrogens with one attached hydrogen (secondary N) is 1. The summed E-state index contributed by atoms with van der Waals surface area (Å²) in [6.07, 6.45) is 0.117. The Labute approximate surface area is 118 Å². The number of ether oxygens (including phenoxy) is 1. The second-order valence-corrected chi connectivity index (χ2v) is 5.57. The van der Waals surface area contributed by atoms with Gasteiger partial charge in [0.15, 0.2) is 0 Å². The van der Waals surface area contributed by atoms with Gasteiger partial charge in [-0.05, 0) is 38.3 Å². The standard InChI is InChI=1S/C15H21NO4/c1-15(2,3)20-14(19)16-10-12-6-4-5-11(9-12)7-8-13(17)18/h4-6,9H,7-8,10H2,1-3H3,(H,16,19)(H,17,18). The van der Waals surface area contributed by atoms with E-state index in [1.807, 2.05) is 24.3 Å². The molecule has 0 atom stereocenters. The van der Waals surface area contributed by atoms with Gasteiger partial charge in [-0.1, -0.05) is 24.3 Å². The molecule has 0 aliphatic carbocycles. The van der Waals surface area contributed by atoms with Gasteiger partial charge in [0.2, 0.25) is 0 Å². The summed E-state index contributed by atoms with van der Waals surface area (Å²) in [6.45, 7) is 5.77. The Morgan fingerprint density at radius 1 is 1.25 bits per heavy atom. The molecule has 0 heterocycles. The second kappa shape index (κ2) is 6.93. The molecular formula is C15H21NO4. The van der Waals surface area contributed by atoms with Crippen molar-refractivity contribution in [1.29, 1.82) is 0 Å². The summed E-state index contributed by atoms with van der Waals surface area (Å²) in [4.78, 5) is 22.1. The minimum Gasteiger partial charge on any atom is -0.481 e. The summed E-state index contributed by atoms with van der Waals surface area (Å²) in [5.41, 5.74) is 1.34. The minimum absolute atomic E-state index is 0.100. The molecule has 5 nitrogen and oxygen atoms in total. The molecule has 5 heteroatoms. The van der Waals surface area contributed by atoms with Crippen LogP contribution in [0.3, 0.4) is 0 Å². The van der Waals surface area contributed by atoms with E-state index in [9.17, 15) is 9.59 Å². The van der Waals surface area contributed by atoms with Crippen LogP contribution in [0.4, 0.5) is 4.79 Å². The number of aryl methyl sites for hydroxylation is 1. The van der Waals surface area contributed by atoms with Crippen molar-refractivity contribution in [2.24, 2.45) is 0 Å². The summed E-state index contributed by atoms with van der Waals surface area (Å²) in [5.74, 6) is -0.817. The van der Waals surface area contributed by atoms with Crippen molar-refractivity contribution in [1.82, 2.24) is 5.32 Å². The molecule has 1 rings (SSSR count). The lowest BCUT2D eigenvalue weighted by molar-refractivity contribution is -0.136. The van der Waals surface area contributed by atoms with E-state index in [0.717, 1.165) is 11.1 Å². The van der Waals surface area contributed by atoms with Gasteiger partial charge in [0.05, 0.1) is 0 Å². The quantitative estimate of drug-likeness (QED) is 0.869. The average Bonchev–Trinajstić information content (AvgIpc) is 2.32. The Morgan fingerprint density at radius 2 is 1.90 bits per heavy atom. The average molecular weight is 279 g/mol. The molecule has 20 heavy (non-hydrogen) atoms. The van der Waals surface area contributed by atoms with Crippen molar-refractivity contribution in [2.45, 2.75) is 45.8 Å². The summed E-state index contributed by atoms with van der Waals surface area (Å²) in [5, 5.41) is 11.3. The van der Waals surface area contributed by atoms with Crippen LogP contribution in [0.25, 0.3) is 0 Å². The van der Waals surface area contributed by atoms with Gasteiger partial charge in [-0.2, -0.15) is 0 Å². The number of carboxylic acids is 1. The van der Waals surface area contributed by atoms with Gasteiger partial charge in [0.25, 0.3) is 0 Å². The highest BCUT2D eigenvalue weighted by Gasteiger charge is 2.15.